The number of carbonyl (C=O) groups is 1. The number of benzene rings is 2. The van der Waals surface area contributed by atoms with Crippen LogP contribution in [-0.4, -0.2) is 34.8 Å². The summed E-state index contributed by atoms with van der Waals surface area (Å²) in [4.78, 5) is 45.8. The monoisotopic (exact) mass is 546 g/mol. The van der Waals surface area contributed by atoms with E-state index in [-0.39, 0.29) is 16.9 Å². The highest BCUT2D eigenvalue weighted by Gasteiger charge is 2.24. The molecule has 0 unspecified atom stereocenters. The van der Waals surface area contributed by atoms with E-state index in [1.54, 1.807) is 42.0 Å². The van der Waals surface area contributed by atoms with Crippen LogP contribution in [0.1, 0.15) is 44.6 Å². The molecule has 40 heavy (non-hydrogen) atoms. The summed E-state index contributed by atoms with van der Waals surface area (Å²) in [6.07, 6.45) is 6.45. The number of rotatable bonds is 4. The molecule has 196 valence electrons. The molecular formula is C29H22N8O2S. The SMILES string of the molecule is Cc1ncc(C#Cc2cccc3nc([C@H](C)NC(=O)c4c(N)ncn5ccnc45)n(-c4ccccc4)c(=O)c23)s1. The Labute approximate surface area is 232 Å². The first-order chi connectivity index (χ1) is 19.4. The number of fused-ring (bicyclic) bond motifs is 2. The number of amides is 1. The Morgan fingerprint density at radius 3 is 2.67 bits per heavy atom. The fraction of sp³-hybridized carbons (Fsp3) is 0.103. The third-order valence-electron chi connectivity index (χ3n) is 6.31. The summed E-state index contributed by atoms with van der Waals surface area (Å²) in [5.41, 5.74) is 7.91. The van der Waals surface area contributed by atoms with E-state index in [0.717, 1.165) is 9.88 Å². The lowest BCUT2D eigenvalue weighted by atomic mass is 10.1. The Balaban J connectivity index is 1.48. The maximum Gasteiger partial charge on any atom is 0.267 e. The largest absolute Gasteiger partial charge is 0.383 e. The van der Waals surface area contributed by atoms with Crippen LogP contribution >= 0.6 is 11.3 Å². The Morgan fingerprint density at radius 1 is 1.07 bits per heavy atom. The second-order valence-corrected chi connectivity index (χ2v) is 10.2. The average Bonchev–Trinajstić information content (AvgIpc) is 3.60. The first kappa shape index (κ1) is 25.0. The number of nitrogens with zero attached hydrogens (tertiary/aromatic N) is 6. The fourth-order valence-corrected chi connectivity index (χ4v) is 5.10. The van der Waals surface area contributed by atoms with Gasteiger partial charge in [0.05, 0.1) is 38.7 Å². The number of nitrogens with one attached hydrogen (secondary N) is 1. The van der Waals surface area contributed by atoms with Crippen LogP contribution in [0.25, 0.3) is 22.2 Å². The Bertz CT molecular complexity index is 2030. The number of imidazole rings is 1. The van der Waals surface area contributed by atoms with Crippen molar-refractivity contribution in [3.8, 4) is 17.5 Å². The lowest BCUT2D eigenvalue weighted by Gasteiger charge is -2.20. The van der Waals surface area contributed by atoms with Crippen molar-refractivity contribution in [3.63, 3.8) is 0 Å². The molecular weight excluding hydrogens is 524 g/mol. The number of aryl methyl sites for hydroxylation is 1. The standard InChI is InChI=1S/C29H22N8O2S/c1-17(34-28(38)24-25(30)33-16-36-14-13-31-27(24)36)26-35-22-10-6-7-19(11-12-21-15-32-18(2)40-21)23(22)29(39)37(26)20-8-4-3-5-9-20/h3-10,13-17H,30H2,1-2H3,(H,34,38)/t17-/m0/s1. The van der Waals surface area contributed by atoms with Crippen LogP contribution in [-0.2, 0) is 0 Å². The van der Waals surface area contributed by atoms with Crippen LogP contribution < -0.4 is 16.6 Å². The normalized spacial score (nSPS) is 11.8. The molecule has 4 heterocycles. The molecule has 0 bridgehead atoms. The number of para-hydroxylation sites is 1. The summed E-state index contributed by atoms with van der Waals surface area (Å²) >= 11 is 1.49. The summed E-state index contributed by atoms with van der Waals surface area (Å²) < 4.78 is 3.12. The molecule has 0 saturated heterocycles. The minimum Gasteiger partial charge on any atom is -0.383 e. The summed E-state index contributed by atoms with van der Waals surface area (Å²) in [5.74, 6) is 6.15. The van der Waals surface area contributed by atoms with Gasteiger partial charge in [-0.05, 0) is 44.0 Å². The van der Waals surface area contributed by atoms with Crippen LogP contribution in [0.15, 0.2) is 78.2 Å². The van der Waals surface area contributed by atoms with Gasteiger partial charge >= 0.3 is 0 Å². The second kappa shape index (κ2) is 10.1. The van der Waals surface area contributed by atoms with Crippen molar-refractivity contribution in [3.05, 3.63) is 111 Å². The zero-order valence-corrected chi connectivity index (χ0v) is 22.3. The van der Waals surface area contributed by atoms with E-state index >= 15 is 0 Å². The average molecular weight is 547 g/mol. The Hall–Kier alpha value is -5.34. The smallest absolute Gasteiger partial charge is 0.267 e. The number of nitrogens with two attached hydrogens (primary N) is 1. The topological polar surface area (TPSA) is 133 Å². The van der Waals surface area contributed by atoms with E-state index in [2.05, 4.69) is 32.1 Å². The van der Waals surface area contributed by atoms with Gasteiger partial charge in [-0.15, -0.1) is 11.3 Å². The summed E-state index contributed by atoms with van der Waals surface area (Å²) in [6, 6.07) is 13.8. The molecule has 0 radical (unpaired) electrons. The minimum atomic E-state index is -0.686. The van der Waals surface area contributed by atoms with Gasteiger partial charge in [-0.1, -0.05) is 30.2 Å². The molecule has 4 aromatic heterocycles. The van der Waals surface area contributed by atoms with Crippen molar-refractivity contribution in [2.75, 3.05) is 5.73 Å². The highest BCUT2D eigenvalue weighted by Crippen LogP contribution is 2.22. The molecule has 0 aliphatic carbocycles. The zero-order valence-electron chi connectivity index (χ0n) is 21.5. The van der Waals surface area contributed by atoms with E-state index in [9.17, 15) is 9.59 Å². The molecule has 0 aliphatic rings. The van der Waals surface area contributed by atoms with Crippen LogP contribution in [0.5, 0.6) is 0 Å². The molecule has 6 aromatic rings. The highest BCUT2D eigenvalue weighted by molar-refractivity contribution is 7.12. The van der Waals surface area contributed by atoms with Gasteiger partial charge in [0.1, 0.15) is 23.5 Å². The number of hydrogen-bond donors (Lipinski definition) is 2. The van der Waals surface area contributed by atoms with E-state index in [1.807, 2.05) is 43.3 Å². The van der Waals surface area contributed by atoms with Gasteiger partial charge in [-0.3, -0.25) is 18.6 Å². The van der Waals surface area contributed by atoms with Gasteiger partial charge in [0.2, 0.25) is 0 Å². The van der Waals surface area contributed by atoms with Crippen molar-refractivity contribution < 1.29 is 4.79 Å². The molecule has 3 N–H and O–H groups in total. The van der Waals surface area contributed by atoms with Crippen molar-refractivity contribution >= 4 is 39.6 Å². The van der Waals surface area contributed by atoms with E-state index < -0.39 is 11.9 Å². The molecule has 6 rings (SSSR count). The molecule has 0 saturated carbocycles. The maximum absolute atomic E-state index is 14.1. The van der Waals surface area contributed by atoms with Crippen molar-refractivity contribution in [2.24, 2.45) is 0 Å². The van der Waals surface area contributed by atoms with Crippen molar-refractivity contribution in [1.29, 1.82) is 0 Å². The lowest BCUT2D eigenvalue weighted by molar-refractivity contribution is 0.0939. The first-order valence-electron chi connectivity index (χ1n) is 12.3. The fourth-order valence-electron chi connectivity index (χ4n) is 4.47. The quantitative estimate of drug-likeness (QED) is 0.322. The van der Waals surface area contributed by atoms with E-state index in [4.69, 9.17) is 10.7 Å². The van der Waals surface area contributed by atoms with Crippen molar-refractivity contribution in [2.45, 2.75) is 19.9 Å². The maximum atomic E-state index is 14.1. The second-order valence-electron chi connectivity index (χ2n) is 9.00. The molecule has 2 aromatic carbocycles. The number of thiazole rings is 1. The first-order valence-corrected chi connectivity index (χ1v) is 13.2. The Morgan fingerprint density at radius 2 is 1.90 bits per heavy atom. The molecule has 0 fully saturated rings. The number of hydrogen-bond acceptors (Lipinski definition) is 8. The molecule has 1 atom stereocenters. The van der Waals surface area contributed by atoms with E-state index in [1.165, 1.54) is 22.2 Å². The Kier molecular flexibility index (Phi) is 6.30. The highest BCUT2D eigenvalue weighted by atomic mass is 32.1. The summed E-state index contributed by atoms with van der Waals surface area (Å²) in [7, 11) is 0. The van der Waals surface area contributed by atoms with Gasteiger partial charge < -0.3 is 11.1 Å². The molecule has 0 spiro atoms. The van der Waals surface area contributed by atoms with Crippen LogP contribution in [0.3, 0.4) is 0 Å². The van der Waals surface area contributed by atoms with Gasteiger partial charge in [-0.25, -0.2) is 19.9 Å². The minimum absolute atomic E-state index is 0.0506. The van der Waals surface area contributed by atoms with Crippen LogP contribution in [0.4, 0.5) is 5.82 Å². The summed E-state index contributed by atoms with van der Waals surface area (Å²) in [6.45, 7) is 3.67. The van der Waals surface area contributed by atoms with E-state index in [0.29, 0.717) is 33.6 Å². The summed E-state index contributed by atoms with van der Waals surface area (Å²) in [5, 5.41) is 4.23. The zero-order chi connectivity index (χ0) is 27.8. The van der Waals surface area contributed by atoms with Crippen LogP contribution in [0.2, 0.25) is 0 Å². The molecule has 10 nitrogen and oxygen atoms in total. The number of carbonyl (C=O) groups excluding carboxylic acids is 1. The predicted molar refractivity (Wildman–Crippen MR) is 153 cm³/mol. The van der Waals surface area contributed by atoms with Gasteiger partial charge in [0.15, 0.2) is 5.65 Å². The third-order valence-corrected chi connectivity index (χ3v) is 7.14. The number of anilines is 1. The molecule has 11 heteroatoms. The third kappa shape index (κ3) is 4.46. The number of aromatic nitrogens is 6. The van der Waals surface area contributed by atoms with Gasteiger partial charge in [-0.2, -0.15) is 0 Å². The van der Waals surface area contributed by atoms with Gasteiger partial charge in [0, 0.05) is 18.0 Å². The lowest BCUT2D eigenvalue weighted by Crippen LogP contribution is -2.34. The molecule has 1 amide bonds. The van der Waals surface area contributed by atoms with Crippen LogP contribution in [0, 0.1) is 18.8 Å². The molecule has 0 aliphatic heterocycles. The number of nitrogen functional groups attached to an aromatic ring is 1. The predicted octanol–water partition coefficient (Wildman–Crippen LogP) is 3.67. The van der Waals surface area contributed by atoms with Gasteiger partial charge in [0.25, 0.3) is 11.5 Å². The van der Waals surface area contributed by atoms with Crippen molar-refractivity contribution in [1.82, 2.24) is 34.2 Å².